The van der Waals surface area contributed by atoms with E-state index in [2.05, 4.69) is 27.4 Å². The summed E-state index contributed by atoms with van der Waals surface area (Å²) in [6.07, 6.45) is 1.74. The predicted molar refractivity (Wildman–Crippen MR) is 101 cm³/mol. The van der Waals surface area contributed by atoms with Crippen molar-refractivity contribution in [3.05, 3.63) is 66.0 Å². The molecule has 1 aliphatic heterocycles. The Hall–Kier alpha value is -2.44. The van der Waals surface area contributed by atoms with Crippen LogP contribution in [0.3, 0.4) is 0 Å². The third-order valence-electron chi connectivity index (χ3n) is 4.62. The van der Waals surface area contributed by atoms with Crippen molar-refractivity contribution in [2.75, 3.05) is 32.8 Å². The highest BCUT2D eigenvalue weighted by atomic mass is 16.5. The zero-order valence-corrected chi connectivity index (χ0v) is 15.1. The molecule has 1 saturated heterocycles. The van der Waals surface area contributed by atoms with E-state index in [9.17, 15) is 4.79 Å². The first-order chi connectivity index (χ1) is 12.7. The normalized spacial score (nSPS) is 17.3. The Morgan fingerprint density at radius 2 is 1.88 bits per heavy atom. The van der Waals surface area contributed by atoms with Crippen LogP contribution in [0, 0.1) is 0 Å². The molecule has 2 unspecified atom stereocenters. The smallest absolute Gasteiger partial charge is 0.315 e. The summed E-state index contributed by atoms with van der Waals surface area (Å²) in [5.41, 5.74) is 1.82. The second-order valence-electron chi connectivity index (χ2n) is 6.45. The molecule has 0 radical (unpaired) electrons. The van der Waals surface area contributed by atoms with Gasteiger partial charge in [-0.3, -0.25) is 9.88 Å². The number of carbonyl (C=O) groups excluding carboxylic acids is 1. The maximum Gasteiger partial charge on any atom is 0.315 e. The van der Waals surface area contributed by atoms with Crippen molar-refractivity contribution in [1.82, 2.24) is 20.5 Å². The summed E-state index contributed by atoms with van der Waals surface area (Å²) in [4.78, 5) is 19.2. The van der Waals surface area contributed by atoms with Crippen LogP contribution >= 0.6 is 0 Å². The van der Waals surface area contributed by atoms with Gasteiger partial charge in [-0.2, -0.15) is 0 Å². The number of hydrogen-bond acceptors (Lipinski definition) is 4. The second kappa shape index (κ2) is 9.31. The van der Waals surface area contributed by atoms with Gasteiger partial charge in [0, 0.05) is 31.9 Å². The zero-order valence-electron chi connectivity index (χ0n) is 15.1. The Labute approximate surface area is 154 Å². The van der Waals surface area contributed by atoms with Crippen molar-refractivity contribution >= 4 is 6.03 Å². The topological polar surface area (TPSA) is 66.5 Å². The van der Waals surface area contributed by atoms with Crippen LogP contribution < -0.4 is 10.6 Å². The lowest BCUT2D eigenvalue weighted by atomic mass is 10.0. The molecule has 6 heteroatoms. The molecule has 26 heavy (non-hydrogen) atoms. The van der Waals surface area contributed by atoms with E-state index in [4.69, 9.17) is 4.74 Å². The minimum absolute atomic E-state index is 0.190. The highest BCUT2D eigenvalue weighted by Crippen LogP contribution is 2.19. The van der Waals surface area contributed by atoms with Gasteiger partial charge >= 0.3 is 6.03 Å². The molecule has 2 aromatic rings. The van der Waals surface area contributed by atoms with Crippen molar-refractivity contribution in [2.24, 2.45) is 0 Å². The van der Waals surface area contributed by atoms with E-state index in [-0.39, 0.29) is 18.1 Å². The maximum absolute atomic E-state index is 12.5. The van der Waals surface area contributed by atoms with Gasteiger partial charge in [-0.25, -0.2) is 4.79 Å². The number of carbonyl (C=O) groups is 1. The lowest BCUT2D eigenvalue weighted by Gasteiger charge is -2.32. The Kier molecular flexibility index (Phi) is 6.57. The van der Waals surface area contributed by atoms with Gasteiger partial charge in [0.2, 0.25) is 0 Å². The molecule has 0 bridgehead atoms. The number of pyridine rings is 1. The van der Waals surface area contributed by atoms with Gasteiger partial charge in [0.1, 0.15) is 0 Å². The number of ether oxygens (including phenoxy) is 1. The third-order valence-corrected chi connectivity index (χ3v) is 4.62. The minimum atomic E-state index is -0.281. The van der Waals surface area contributed by atoms with Crippen LogP contribution in [0.4, 0.5) is 4.79 Å². The molecule has 0 saturated carbocycles. The van der Waals surface area contributed by atoms with E-state index >= 15 is 0 Å². The van der Waals surface area contributed by atoms with Gasteiger partial charge in [0.15, 0.2) is 0 Å². The highest BCUT2D eigenvalue weighted by molar-refractivity contribution is 5.75. The molecule has 1 aliphatic rings. The van der Waals surface area contributed by atoms with Gasteiger partial charge in [-0.15, -0.1) is 0 Å². The first-order valence-corrected chi connectivity index (χ1v) is 9.06. The number of aromatic nitrogens is 1. The molecule has 1 aromatic heterocycles. The van der Waals surface area contributed by atoms with Crippen LogP contribution in [0.15, 0.2) is 54.7 Å². The molecule has 2 heterocycles. The van der Waals surface area contributed by atoms with E-state index in [1.165, 1.54) is 0 Å². The SMILES string of the molecule is CC(CNC(=O)NC(c1ccccc1)c1ccccn1)N1CCOCC1. The summed E-state index contributed by atoms with van der Waals surface area (Å²) in [7, 11) is 0. The number of benzene rings is 1. The molecule has 2 atom stereocenters. The molecule has 138 valence electrons. The largest absolute Gasteiger partial charge is 0.379 e. The van der Waals surface area contributed by atoms with E-state index in [1.807, 2.05) is 48.5 Å². The molecule has 6 nitrogen and oxygen atoms in total. The van der Waals surface area contributed by atoms with Gasteiger partial charge in [-0.05, 0) is 24.6 Å². The standard InChI is InChI=1S/C20H26N4O2/c1-16(24-11-13-26-14-12-24)15-22-20(25)23-19(17-7-3-2-4-8-17)18-9-5-6-10-21-18/h2-10,16,19H,11-15H2,1H3,(H2,22,23,25). The fourth-order valence-electron chi connectivity index (χ4n) is 3.09. The number of rotatable bonds is 6. The first kappa shape index (κ1) is 18.4. The zero-order chi connectivity index (χ0) is 18.2. The second-order valence-corrected chi connectivity index (χ2v) is 6.45. The molecule has 2 N–H and O–H groups in total. The molecular formula is C20H26N4O2. The molecular weight excluding hydrogens is 328 g/mol. The fraction of sp³-hybridized carbons (Fsp3) is 0.400. The van der Waals surface area contributed by atoms with Crippen molar-refractivity contribution in [2.45, 2.75) is 19.0 Å². The summed E-state index contributed by atoms with van der Waals surface area (Å²) in [5.74, 6) is 0. The lowest BCUT2D eigenvalue weighted by Crippen LogP contribution is -2.49. The summed E-state index contributed by atoms with van der Waals surface area (Å²) in [6, 6.07) is 15.4. The van der Waals surface area contributed by atoms with Crippen LogP contribution in [0.5, 0.6) is 0 Å². The summed E-state index contributed by atoms with van der Waals surface area (Å²) < 4.78 is 5.38. The Balaban J connectivity index is 1.60. The third kappa shape index (κ3) is 5.03. The van der Waals surface area contributed by atoms with Crippen LogP contribution in [-0.2, 0) is 4.74 Å². The van der Waals surface area contributed by atoms with Crippen molar-refractivity contribution in [1.29, 1.82) is 0 Å². The van der Waals surface area contributed by atoms with E-state index < -0.39 is 0 Å². The van der Waals surface area contributed by atoms with E-state index in [1.54, 1.807) is 6.20 Å². The molecule has 2 amide bonds. The van der Waals surface area contributed by atoms with Crippen molar-refractivity contribution in [3.8, 4) is 0 Å². The summed E-state index contributed by atoms with van der Waals surface area (Å²) in [5, 5.41) is 6.04. The van der Waals surface area contributed by atoms with Crippen LogP contribution in [0.25, 0.3) is 0 Å². The summed E-state index contributed by atoms with van der Waals surface area (Å²) in [6.45, 7) is 6.04. The lowest BCUT2D eigenvalue weighted by molar-refractivity contribution is 0.0209. The first-order valence-electron chi connectivity index (χ1n) is 9.06. The fourth-order valence-corrected chi connectivity index (χ4v) is 3.09. The molecule has 1 aromatic carbocycles. The van der Waals surface area contributed by atoms with Gasteiger partial charge in [0.25, 0.3) is 0 Å². The van der Waals surface area contributed by atoms with Crippen LogP contribution in [0.2, 0.25) is 0 Å². The van der Waals surface area contributed by atoms with Crippen molar-refractivity contribution < 1.29 is 9.53 Å². The molecule has 1 fully saturated rings. The molecule has 3 rings (SSSR count). The Morgan fingerprint density at radius 3 is 2.58 bits per heavy atom. The summed E-state index contributed by atoms with van der Waals surface area (Å²) >= 11 is 0. The Morgan fingerprint density at radius 1 is 1.15 bits per heavy atom. The highest BCUT2D eigenvalue weighted by Gasteiger charge is 2.20. The van der Waals surface area contributed by atoms with E-state index in [0.29, 0.717) is 6.54 Å². The van der Waals surface area contributed by atoms with Gasteiger partial charge in [0.05, 0.1) is 24.9 Å². The maximum atomic E-state index is 12.5. The quantitative estimate of drug-likeness (QED) is 0.835. The number of nitrogens with one attached hydrogen (secondary N) is 2. The molecule has 0 aliphatic carbocycles. The number of urea groups is 1. The number of amides is 2. The van der Waals surface area contributed by atoms with Crippen LogP contribution in [-0.4, -0.2) is 54.8 Å². The van der Waals surface area contributed by atoms with Gasteiger partial charge < -0.3 is 15.4 Å². The minimum Gasteiger partial charge on any atom is -0.379 e. The number of nitrogens with zero attached hydrogens (tertiary/aromatic N) is 2. The average molecular weight is 354 g/mol. The van der Waals surface area contributed by atoms with Crippen molar-refractivity contribution in [3.63, 3.8) is 0 Å². The average Bonchev–Trinajstić information content (AvgIpc) is 2.72. The predicted octanol–water partition coefficient (Wildman–Crippen LogP) is 2.19. The molecule has 0 spiro atoms. The Bertz CT molecular complexity index is 635. The van der Waals surface area contributed by atoms with E-state index in [0.717, 1.165) is 37.6 Å². The monoisotopic (exact) mass is 354 g/mol. The van der Waals surface area contributed by atoms with Crippen LogP contribution in [0.1, 0.15) is 24.2 Å². The number of hydrogen-bond donors (Lipinski definition) is 2. The van der Waals surface area contributed by atoms with Gasteiger partial charge in [-0.1, -0.05) is 36.4 Å². The number of morpholine rings is 1.